The van der Waals surface area contributed by atoms with Gasteiger partial charge in [-0.2, -0.15) is 0 Å². The summed E-state index contributed by atoms with van der Waals surface area (Å²) in [6.45, 7) is 8.08. The fourth-order valence-corrected chi connectivity index (χ4v) is 1.79. The van der Waals surface area contributed by atoms with Gasteiger partial charge in [-0.25, -0.2) is 0 Å². The third-order valence-electron chi connectivity index (χ3n) is 2.66. The van der Waals surface area contributed by atoms with E-state index in [1.54, 1.807) is 11.8 Å². The largest absolute Gasteiger partial charge is 0.378 e. The van der Waals surface area contributed by atoms with Crippen LogP contribution in [0.4, 0.5) is 0 Å². The number of nitrogens with zero attached hydrogens (tertiary/aromatic N) is 1. The van der Waals surface area contributed by atoms with E-state index in [-0.39, 0.29) is 11.8 Å². The minimum Gasteiger partial charge on any atom is -0.378 e. The Hall–Kier alpha value is -1.10. The van der Waals surface area contributed by atoms with Crippen LogP contribution in [-0.2, 0) is 14.3 Å². The average molecular weight is 242 g/mol. The van der Waals surface area contributed by atoms with E-state index >= 15 is 0 Å². The van der Waals surface area contributed by atoms with E-state index < -0.39 is 6.04 Å². The normalized spacial score (nSPS) is 18.0. The molecule has 1 N–H and O–H groups in total. The molecule has 0 bridgehead atoms. The highest BCUT2D eigenvalue weighted by Gasteiger charge is 2.23. The van der Waals surface area contributed by atoms with Gasteiger partial charge in [-0.1, -0.05) is 13.8 Å². The molecule has 98 valence electrons. The average Bonchev–Trinajstić information content (AvgIpc) is 2.28. The van der Waals surface area contributed by atoms with Crippen LogP contribution in [0.25, 0.3) is 0 Å². The highest BCUT2D eigenvalue weighted by atomic mass is 16.5. The number of hydrogen-bond donors (Lipinski definition) is 1. The van der Waals surface area contributed by atoms with Crippen molar-refractivity contribution < 1.29 is 14.3 Å². The first-order chi connectivity index (χ1) is 8.00. The summed E-state index contributed by atoms with van der Waals surface area (Å²) in [4.78, 5) is 25.3. The van der Waals surface area contributed by atoms with Gasteiger partial charge in [0.05, 0.1) is 13.2 Å². The second kappa shape index (κ2) is 6.59. The van der Waals surface area contributed by atoms with Crippen LogP contribution in [0, 0.1) is 5.92 Å². The molecule has 1 aliphatic heterocycles. The Labute approximate surface area is 102 Å². The molecule has 2 amide bonds. The van der Waals surface area contributed by atoms with Crippen LogP contribution >= 0.6 is 0 Å². The Morgan fingerprint density at radius 3 is 2.35 bits per heavy atom. The topological polar surface area (TPSA) is 58.6 Å². The van der Waals surface area contributed by atoms with Gasteiger partial charge in [0, 0.05) is 19.5 Å². The molecule has 5 heteroatoms. The third-order valence-corrected chi connectivity index (χ3v) is 2.66. The van der Waals surface area contributed by atoms with Crippen molar-refractivity contribution >= 4 is 11.8 Å². The number of ether oxygens (including phenoxy) is 1. The highest BCUT2D eigenvalue weighted by Crippen LogP contribution is 2.03. The maximum absolute atomic E-state index is 12.0. The molecular formula is C12H22N2O3. The first-order valence-corrected chi connectivity index (χ1v) is 6.16. The van der Waals surface area contributed by atoms with E-state index in [0.717, 1.165) is 0 Å². The molecule has 1 saturated heterocycles. The van der Waals surface area contributed by atoms with Crippen molar-refractivity contribution in [3.8, 4) is 0 Å². The van der Waals surface area contributed by atoms with Crippen molar-refractivity contribution in [1.82, 2.24) is 10.2 Å². The number of carbonyl (C=O) groups excluding carboxylic acids is 2. The van der Waals surface area contributed by atoms with Gasteiger partial charge >= 0.3 is 0 Å². The van der Waals surface area contributed by atoms with Crippen molar-refractivity contribution in [2.45, 2.75) is 33.2 Å². The van der Waals surface area contributed by atoms with Crippen molar-refractivity contribution in [2.75, 3.05) is 26.3 Å². The van der Waals surface area contributed by atoms with E-state index in [1.165, 1.54) is 0 Å². The van der Waals surface area contributed by atoms with Crippen LogP contribution in [0.15, 0.2) is 0 Å². The van der Waals surface area contributed by atoms with Gasteiger partial charge < -0.3 is 15.0 Å². The highest BCUT2D eigenvalue weighted by molar-refractivity contribution is 5.87. The van der Waals surface area contributed by atoms with Crippen LogP contribution in [0.1, 0.15) is 27.2 Å². The van der Waals surface area contributed by atoms with Gasteiger partial charge in [-0.15, -0.1) is 0 Å². The van der Waals surface area contributed by atoms with Gasteiger partial charge in [0.25, 0.3) is 0 Å². The molecule has 0 saturated carbocycles. The minimum absolute atomic E-state index is 0.0228. The number of amides is 2. The van der Waals surface area contributed by atoms with E-state index in [2.05, 4.69) is 5.32 Å². The molecule has 1 heterocycles. The summed E-state index contributed by atoms with van der Waals surface area (Å²) in [6, 6.07) is -0.445. The summed E-state index contributed by atoms with van der Waals surface area (Å²) in [7, 11) is 0. The zero-order valence-electron chi connectivity index (χ0n) is 10.9. The molecule has 0 spiro atoms. The van der Waals surface area contributed by atoms with Crippen LogP contribution in [0.3, 0.4) is 0 Å². The number of morpholine rings is 1. The summed E-state index contributed by atoms with van der Waals surface area (Å²) in [5.74, 6) is 0.222. The fraction of sp³-hybridized carbons (Fsp3) is 0.833. The summed E-state index contributed by atoms with van der Waals surface area (Å²) in [5.41, 5.74) is 0. The maximum atomic E-state index is 12.0. The summed E-state index contributed by atoms with van der Waals surface area (Å²) in [5, 5.41) is 2.74. The minimum atomic E-state index is -0.445. The quantitative estimate of drug-likeness (QED) is 0.776. The lowest BCUT2D eigenvalue weighted by molar-refractivity contribution is -0.139. The van der Waals surface area contributed by atoms with Crippen molar-refractivity contribution in [3.63, 3.8) is 0 Å². The summed E-state index contributed by atoms with van der Waals surface area (Å²) >= 11 is 0. The van der Waals surface area contributed by atoms with Gasteiger partial charge in [-0.3, -0.25) is 9.59 Å². The Morgan fingerprint density at radius 2 is 1.82 bits per heavy atom. The monoisotopic (exact) mass is 242 g/mol. The standard InChI is InChI=1S/C12H22N2O3/c1-9(2)8-11(15)13-10(3)12(16)14-4-6-17-7-5-14/h9-10H,4-8H2,1-3H3,(H,13,15). The van der Waals surface area contributed by atoms with E-state index in [1.807, 2.05) is 13.8 Å². The first-order valence-electron chi connectivity index (χ1n) is 6.16. The Morgan fingerprint density at radius 1 is 1.24 bits per heavy atom. The Kier molecular flexibility index (Phi) is 5.41. The fourth-order valence-electron chi connectivity index (χ4n) is 1.79. The van der Waals surface area contributed by atoms with Crippen molar-refractivity contribution in [3.05, 3.63) is 0 Å². The predicted molar refractivity (Wildman–Crippen MR) is 64.5 cm³/mol. The van der Waals surface area contributed by atoms with Crippen LogP contribution in [0.2, 0.25) is 0 Å². The number of rotatable bonds is 4. The molecule has 0 radical (unpaired) electrons. The molecular weight excluding hydrogens is 220 g/mol. The number of nitrogens with one attached hydrogen (secondary N) is 1. The Bertz CT molecular complexity index is 273. The molecule has 0 aromatic carbocycles. The molecule has 1 unspecified atom stereocenters. The van der Waals surface area contributed by atoms with E-state index in [9.17, 15) is 9.59 Å². The van der Waals surface area contributed by atoms with Gasteiger partial charge in [-0.05, 0) is 12.8 Å². The lowest BCUT2D eigenvalue weighted by Gasteiger charge is -2.29. The van der Waals surface area contributed by atoms with E-state index in [0.29, 0.717) is 38.6 Å². The molecule has 0 aromatic heterocycles. The molecule has 1 atom stereocenters. The second-order valence-electron chi connectivity index (χ2n) is 4.82. The molecule has 0 aliphatic carbocycles. The second-order valence-corrected chi connectivity index (χ2v) is 4.82. The lowest BCUT2D eigenvalue weighted by atomic mass is 10.1. The zero-order valence-corrected chi connectivity index (χ0v) is 10.9. The molecule has 17 heavy (non-hydrogen) atoms. The SMILES string of the molecule is CC(C)CC(=O)NC(C)C(=O)N1CCOCC1. The number of carbonyl (C=O) groups is 2. The molecule has 1 fully saturated rings. The molecule has 1 rings (SSSR count). The van der Waals surface area contributed by atoms with Gasteiger partial charge in [0.2, 0.25) is 11.8 Å². The van der Waals surface area contributed by atoms with Crippen LogP contribution in [0.5, 0.6) is 0 Å². The predicted octanol–water partition coefficient (Wildman–Crippen LogP) is 0.396. The molecule has 0 aromatic rings. The number of hydrogen-bond acceptors (Lipinski definition) is 3. The third kappa shape index (κ3) is 4.73. The summed E-state index contributed by atoms with van der Waals surface area (Å²) in [6.07, 6.45) is 0.459. The molecule has 1 aliphatic rings. The van der Waals surface area contributed by atoms with Crippen LogP contribution in [-0.4, -0.2) is 49.1 Å². The Balaban J connectivity index is 2.37. The van der Waals surface area contributed by atoms with Crippen molar-refractivity contribution in [2.24, 2.45) is 5.92 Å². The van der Waals surface area contributed by atoms with Crippen molar-refractivity contribution in [1.29, 1.82) is 0 Å². The zero-order chi connectivity index (χ0) is 12.8. The summed E-state index contributed by atoms with van der Waals surface area (Å²) < 4.78 is 5.18. The van der Waals surface area contributed by atoms with E-state index in [4.69, 9.17) is 4.74 Å². The lowest BCUT2D eigenvalue weighted by Crippen LogP contribution is -2.50. The smallest absolute Gasteiger partial charge is 0.245 e. The van der Waals surface area contributed by atoms with Gasteiger partial charge in [0.1, 0.15) is 6.04 Å². The molecule has 5 nitrogen and oxygen atoms in total. The van der Waals surface area contributed by atoms with Crippen LogP contribution < -0.4 is 5.32 Å². The first kappa shape index (κ1) is 14.0. The maximum Gasteiger partial charge on any atom is 0.245 e. The van der Waals surface area contributed by atoms with Gasteiger partial charge in [0.15, 0.2) is 0 Å².